The molecule has 0 saturated heterocycles. The van der Waals surface area contributed by atoms with Gasteiger partial charge in [0, 0.05) is 12.6 Å². The smallest absolute Gasteiger partial charge is 0.328 e. The number of amides is 2. The van der Waals surface area contributed by atoms with Crippen LogP contribution in [0.25, 0.3) is 0 Å². The van der Waals surface area contributed by atoms with Gasteiger partial charge in [0.1, 0.15) is 5.54 Å². The standard InChI is InChI=1S/C12H20N2O3/c1-12(2,10(15)16)13-11(17)14(9-5-6-9)7-8-3-4-8/h8-9H,3-7H2,1-2H3,(H,13,17)(H,15,16). The molecule has 0 radical (unpaired) electrons. The van der Waals surface area contributed by atoms with Gasteiger partial charge in [0.15, 0.2) is 0 Å². The molecule has 2 aliphatic rings. The molecule has 0 unspecified atom stereocenters. The highest BCUT2D eigenvalue weighted by molar-refractivity contribution is 5.85. The number of carboxylic acid groups (broad SMARTS) is 1. The van der Waals surface area contributed by atoms with E-state index in [1.54, 1.807) is 0 Å². The third-order valence-electron chi connectivity index (χ3n) is 3.35. The monoisotopic (exact) mass is 240 g/mol. The summed E-state index contributed by atoms with van der Waals surface area (Å²) in [4.78, 5) is 24.8. The maximum atomic E-state index is 12.1. The molecule has 0 aliphatic heterocycles. The number of aliphatic carboxylic acids is 1. The molecule has 2 N–H and O–H groups in total. The topological polar surface area (TPSA) is 69.6 Å². The Morgan fingerprint density at radius 2 is 1.88 bits per heavy atom. The van der Waals surface area contributed by atoms with Crippen molar-refractivity contribution in [2.45, 2.75) is 51.1 Å². The molecule has 5 heteroatoms. The molecule has 2 amide bonds. The van der Waals surface area contributed by atoms with E-state index in [0.29, 0.717) is 12.0 Å². The van der Waals surface area contributed by atoms with Crippen LogP contribution in [-0.2, 0) is 4.79 Å². The Hall–Kier alpha value is -1.26. The summed E-state index contributed by atoms with van der Waals surface area (Å²) in [5.74, 6) is -0.373. The zero-order valence-corrected chi connectivity index (χ0v) is 10.4. The molecule has 0 aromatic rings. The van der Waals surface area contributed by atoms with Gasteiger partial charge in [-0.05, 0) is 45.4 Å². The van der Waals surface area contributed by atoms with Crippen molar-refractivity contribution < 1.29 is 14.7 Å². The van der Waals surface area contributed by atoms with Crippen molar-refractivity contribution in [3.63, 3.8) is 0 Å². The number of urea groups is 1. The summed E-state index contributed by atoms with van der Waals surface area (Å²) >= 11 is 0. The lowest BCUT2D eigenvalue weighted by Gasteiger charge is -2.28. The van der Waals surface area contributed by atoms with Gasteiger partial charge < -0.3 is 15.3 Å². The fourth-order valence-corrected chi connectivity index (χ4v) is 1.76. The molecular weight excluding hydrogens is 220 g/mol. The van der Waals surface area contributed by atoms with Crippen molar-refractivity contribution >= 4 is 12.0 Å². The van der Waals surface area contributed by atoms with E-state index >= 15 is 0 Å². The van der Waals surface area contributed by atoms with Gasteiger partial charge in [0.2, 0.25) is 0 Å². The molecule has 0 heterocycles. The van der Waals surface area contributed by atoms with E-state index in [-0.39, 0.29) is 6.03 Å². The lowest BCUT2D eigenvalue weighted by Crippen LogP contribution is -2.55. The van der Waals surface area contributed by atoms with Gasteiger partial charge in [0.25, 0.3) is 0 Å². The largest absolute Gasteiger partial charge is 0.480 e. The lowest BCUT2D eigenvalue weighted by atomic mass is 10.1. The Labute approximate surface area is 101 Å². The number of hydrogen-bond donors (Lipinski definition) is 2. The van der Waals surface area contributed by atoms with E-state index in [4.69, 9.17) is 5.11 Å². The van der Waals surface area contributed by atoms with E-state index in [9.17, 15) is 9.59 Å². The quantitative estimate of drug-likeness (QED) is 0.763. The third kappa shape index (κ3) is 3.11. The van der Waals surface area contributed by atoms with Gasteiger partial charge in [-0.25, -0.2) is 9.59 Å². The van der Waals surface area contributed by atoms with Gasteiger partial charge in [0.05, 0.1) is 0 Å². The Kier molecular flexibility index (Phi) is 3.02. The molecule has 0 atom stereocenters. The number of nitrogens with one attached hydrogen (secondary N) is 1. The van der Waals surface area contributed by atoms with Crippen molar-refractivity contribution in [3.05, 3.63) is 0 Å². The number of nitrogens with zero attached hydrogens (tertiary/aromatic N) is 1. The Bertz CT molecular complexity index is 333. The minimum absolute atomic E-state index is 0.230. The van der Waals surface area contributed by atoms with E-state index in [2.05, 4.69) is 5.32 Å². The predicted octanol–water partition coefficient (Wildman–Crippen LogP) is 1.43. The highest BCUT2D eigenvalue weighted by atomic mass is 16.4. The third-order valence-corrected chi connectivity index (χ3v) is 3.35. The summed E-state index contributed by atoms with van der Waals surface area (Å²) in [5, 5.41) is 11.6. The average molecular weight is 240 g/mol. The van der Waals surface area contributed by atoms with Crippen LogP contribution in [-0.4, -0.2) is 40.1 Å². The molecule has 96 valence electrons. The Morgan fingerprint density at radius 3 is 2.29 bits per heavy atom. The molecule has 2 aliphatic carbocycles. The molecule has 17 heavy (non-hydrogen) atoms. The zero-order valence-electron chi connectivity index (χ0n) is 10.4. The first-order chi connectivity index (χ1) is 7.90. The highest BCUT2D eigenvalue weighted by Gasteiger charge is 2.39. The van der Waals surface area contributed by atoms with Gasteiger partial charge in [-0.2, -0.15) is 0 Å². The van der Waals surface area contributed by atoms with Crippen LogP contribution in [0.3, 0.4) is 0 Å². The SMILES string of the molecule is CC(C)(NC(=O)N(CC1CC1)C1CC1)C(=O)O. The second-order valence-corrected chi connectivity index (χ2v) is 5.69. The highest BCUT2D eigenvalue weighted by Crippen LogP contribution is 2.34. The van der Waals surface area contributed by atoms with E-state index < -0.39 is 11.5 Å². The van der Waals surface area contributed by atoms with Crippen LogP contribution >= 0.6 is 0 Å². The van der Waals surface area contributed by atoms with Crippen molar-refractivity contribution in [2.24, 2.45) is 5.92 Å². The molecule has 0 spiro atoms. The second kappa shape index (κ2) is 4.20. The number of carbonyl (C=O) groups is 2. The van der Waals surface area contributed by atoms with Crippen LogP contribution < -0.4 is 5.32 Å². The van der Waals surface area contributed by atoms with Crippen molar-refractivity contribution in [1.82, 2.24) is 10.2 Å². The van der Waals surface area contributed by atoms with Gasteiger partial charge >= 0.3 is 12.0 Å². The second-order valence-electron chi connectivity index (χ2n) is 5.69. The number of carbonyl (C=O) groups excluding carboxylic acids is 1. The van der Waals surface area contributed by atoms with Crippen molar-refractivity contribution in [2.75, 3.05) is 6.54 Å². The summed E-state index contributed by atoms with van der Waals surface area (Å²) in [5.41, 5.74) is -1.20. The van der Waals surface area contributed by atoms with Crippen LogP contribution in [0.15, 0.2) is 0 Å². The molecular formula is C12H20N2O3. The summed E-state index contributed by atoms with van der Waals surface area (Å²) in [6.45, 7) is 3.80. The number of carboxylic acids is 1. The number of hydrogen-bond acceptors (Lipinski definition) is 2. The maximum Gasteiger partial charge on any atom is 0.328 e. The van der Waals surface area contributed by atoms with Gasteiger partial charge in [-0.3, -0.25) is 0 Å². The predicted molar refractivity (Wildman–Crippen MR) is 62.7 cm³/mol. The Morgan fingerprint density at radius 1 is 1.29 bits per heavy atom. The summed E-state index contributed by atoms with van der Waals surface area (Å²) in [7, 11) is 0. The number of rotatable bonds is 5. The van der Waals surface area contributed by atoms with Crippen LogP contribution in [0, 0.1) is 5.92 Å². The van der Waals surface area contributed by atoms with Crippen LogP contribution in [0.2, 0.25) is 0 Å². The van der Waals surface area contributed by atoms with E-state index in [1.807, 2.05) is 4.90 Å². The minimum atomic E-state index is -1.20. The molecule has 2 saturated carbocycles. The maximum absolute atomic E-state index is 12.1. The van der Waals surface area contributed by atoms with Crippen LogP contribution in [0.1, 0.15) is 39.5 Å². The van der Waals surface area contributed by atoms with E-state index in [1.165, 1.54) is 26.7 Å². The average Bonchev–Trinajstić information content (AvgIpc) is 3.07. The van der Waals surface area contributed by atoms with Crippen molar-refractivity contribution in [3.8, 4) is 0 Å². The zero-order chi connectivity index (χ0) is 12.6. The summed E-state index contributed by atoms with van der Waals surface area (Å²) in [6.07, 6.45) is 4.49. The van der Waals surface area contributed by atoms with Crippen LogP contribution in [0.5, 0.6) is 0 Å². The fourth-order valence-electron chi connectivity index (χ4n) is 1.76. The minimum Gasteiger partial charge on any atom is -0.480 e. The summed E-state index contributed by atoms with van der Waals surface area (Å²) in [6, 6.07) is 0.104. The first-order valence-corrected chi connectivity index (χ1v) is 6.22. The summed E-state index contributed by atoms with van der Waals surface area (Å²) < 4.78 is 0. The van der Waals surface area contributed by atoms with Gasteiger partial charge in [-0.15, -0.1) is 0 Å². The molecule has 5 nitrogen and oxygen atoms in total. The van der Waals surface area contributed by atoms with Gasteiger partial charge in [-0.1, -0.05) is 0 Å². The fraction of sp³-hybridized carbons (Fsp3) is 0.833. The molecule has 2 rings (SSSR count). The van der Waals surface area contributed by atoms with Crippen molar-refractivity contribution in [1.29, 1.82) is 0 Å². The first kappa shape index (κ1) is 12.2. The molecule has 0 bridgehead atoms. The Balaban J connectivity index is 1.93. The lowest BCUT2D eigenvalue weighted by molar-refractivity contribution is -0.143. The normalized spacial score (nSPS) is 19.9. The first-order valence-electron chi connectivity index (χ1n) is 6.22. The van der Waals surface area contributed by atoms with Crippen LogP contribution in [0.4, 0.5) is 4.79 Å². The molecule has 0 aromatic heterocycles. The van der Waals surface area contributed by atoms with E-state index in [0.717, 1.165) is 19.4 Å². The molecule has 0 aromatic carbocycles. The molecule has 2 fully saturated rings.